The summed E-state index contributed by atoms with van der Waals surface area (Å²) in [6.07, 6.45) is 9.17. The first-order chi connectivity index (χ1) is 12.3. The number of hydrogen-bond donors (Lipinski definition) is 0. The van der Waals surface area contributed by atoms with Crippen molar-refractivity contribution in [3.8, 4) is 0 Å². The normalized spacial score (nSPS) is 15.4. The molecule has 1 saturated heterocycles. The van der Waals surface area contributed by atoms with Crippen LogP contribution in [0.4, 0.5) is 11.6 Å². The first-order valence-electron chi connectivity index (χ1n) is 8.26. The fourth-order valence-corrected chi connectivity index (χ4v) is 3.37. The van der Waals surface area contributed by atoms with Gasteiger partial charge in [-0.1, -0.05) is 0 Å². The number of fused-ring (bicyclic) bond motifs is 2. The monoisotopic (exact) mass is 335 g/mol. The van der Waals surface area contributed by atoms with Crippen molar-refractivity contribution in [3.63, 3.8) is 0 Å². The predicted octanol–water partition coefficient (Wildman–Crippen LogP) is 0.802. The van der Waals surface area contributed by atoms with Crippen molar-refractivity contribution < 1.29 is 0 Å². The van der Waals surface area contributed by atoms with E-state index in [1.165, 1.54) is 0 Å². The third-order valence-electron chi connectivity index (χ3n) is 4.66. The summed E-state index contributed by atoms with van der Waals surface area (Å²) in [5.74, 6) is 2.73. The van der Waals surface area contributed by atoms with Crippen LogP contribution in [0.25, 0.3) is 11.2 Å². The molecule has 0 bridgehead atoms. The van der Waals surface area contributed by atoms with Crippen LogP contribution in [0.1, 0.15) is 5.82 Å². The van der Waals surface area contributed by atoms with Crippen molar-refractivity contribution in [2.45, 2.75) is 6.92 Å². The molecule has 0 saturated carbocycles. The van der Waals surface area contributed by atoms with E-state index in [1.807, 2.05) is 34.3 Å². The summed E-state index contributed by atoms with van der Waals surface area (Å²) in [4.78, 5) is 13.7. The Balaban J connectivity index is 1.42. The molecule has 5 heterocycles. The van der Waals surface area contributed by atoms with Crippen LogP contribution in [-0.4, -0.2) is 60.4 Å². The standard InChI is InChI=1S/C16H17N9/c1-12-20-21-16-15(18-4-6-24(12)16)23-10-8-22(9-11-23)14-13-2-3-19-25(13)7-5-17-14/h2-7H,8-11H2,1H3. The van der Waals surface area contributed by atoms with Crippen LogP contribution in [0.5, 0.6) is 0 Å². The summed E-state index contributed by atoms with van der Waals surface area (Å²) in [5.41, 5.74) is 1.84. The maximum absolute atomic E-state index is 4.56. The summed E-state index contributed by atoms with van der Waals surface area (Å²) in [5, 5.41) is 12.7. The molecule has 126 valence electrons. The highest BCUT2D eigenvalue weighted by molar-refractivity contribution is 5.69. The molecule has 0 aliphatic carbocycles. The summed E-state index contributed by atoms with van der Waals surface area (Å²) in [6.45, 7) is 5.39. The second-order valence-electron chi connectivity index (χ2n) is 6.08. The Morgan fingerprint density at radius 3 is 2.40 bits per heavy atom. The van der Waals surface area contributed by atoms with Crippen LogP contribution in [-0.2, 0) is 0 Å². The van der Waals surface area contributed by atoms with Gasteiger partial charge in [-0.15, -0.1) is 10.2 Å². The summed E-state index contributed by atoms with van der Waals surface area (Å²) >= 11 is 0. The topological polar surface area (TPSA) is 79.8 Å². The molecule has 0 atom stereocenters. The highest BCUT2D eigenvalue weighted by Crippen LogP contribution is 2.23. The molecule has 4 aromatic rings. The van der Waals surface area contributed by atoms with Crippen molar-refractivity contribution in [2.75, 3.05) is 36.0 Å². The molecule has 0 spiro atoms. The van der Waals surface area contributed by atoms with Crippen LogP contribution >= 0.6 is 0 Å². The minimum Gasteiger partial charge on any atom is -0.351 e. The van der Waals surface area contributed by atoms with Crippen LogP contribution in [0, 0.1) is 6.92 Å². The zero-order valence-corrected chi connectivity index (χ0v) is 13.8. The van der Waals surface area contributed by atoms with Crippen LogP contribution in [0.15, 0.2) is 37.1 Å². The lowest BCUT2D eigenvalue weighted by Gasteiger charge is -2.36. The third kappa shape index (κ3) is 2.19. The first-order valence-corrected chi connectivity index (χ1v) is 8.26. The molecule has 0 amide bonds. The fourth-order valence-electron chi connectivity index (χ4n) is 3.37. The lowest BCUT2D eigenvalue weighted by molar-refractivity contribution is 0.642. The molecule has 25 heavy (non-hydrogen) atoms. The quantitative estimate of drug-likeness (QED) is 0.536. The molecule has 4 aromatic heterocycles. The van der Waals surface area contributed by atoms with E-state index in [9.17, 15) is 0 Å². The number of piperazine rings is 1. The lowest BCUT2D eigenvalue weighted by Crippen LogP contribution is -2.47. The molecular weight excluding hydrogens is 318 g/mol. The number of hydrogen-bond acceptors (Lipinski definition) is 7. The average Bonchev–Trinajstić information content (AvgIpc) is 3.28. The Kier molecular flexibility index (Phi) is 3.06. The van der Waals surface area contributed by atoms with Gasteiger partial charge in [0.15, 0.2) is 11.6 Å². The second kappa shape index (κ2) is 5.40. The maximum atomic E-state index is 4.56. The van der Waals surface area contributed by atoms with E-state index in [4.69, 9.17) is 0 Å². The Hall–Kier alpha value is -3.23. The van der Waals surface area contributed by atoms with Gasteiger partial charge >= 0.3 is 0 Å². The van der Waals surface area contributed by atoms with Crippen molar-refractivity contribution in [2.24, 2.45) is 0 Å². The van der Waals surface area contributed by atoms with Gasteiger partial charge in [-0.2, -0.15) is 5.10 Å². The SMILES string of the molecule is Cc1nnc2c(N3CCN(c4nccn5nccc45)CC3)nccn12. The Morgan fingerprint density at radius 2 is 1.56 bits per heavy atom. The van der Waals surface area contributed by atoms with E-state index in [0.717, 1.165) is 54.8 Å². The number of anilines is 2. The fraction of sp³-hybridized carbons (Fsp3) is 0.312. The molecule has 5 rings (SSSR count). The van der Waals surface area contributed by atoms with Crippen LogP contribution < -0.4 is 9.80 Å². The molecule has 0 radical (unpaired) electrons. The van der Waals surface area contributed by atoms with E-state index in [-0.39, 0.29) is 0 Å². The maximum Gasteiger partial charge on any atom is 0.203 e. The first kappa shape index (κ1) is 14.1. The van der Waals surface area contributed by atoms with Gasteiger partial charge < -0.3 is 9.80 Å². The largest absolute Gasteiger partial charge is 0.351 e. The molecular formula is C16H17N9. The van der Waals surface area contributed by atoms with Crippen LogP contribution in [0.2, 0.25) is 0 Å². The molecule has 9 heteroatoms. The smallest absolute Gasteiger partial charge is 0.203 e. The zero-order chi connectivity index (χ0) is 16.8. The van der Waals surface area contributed by atoms with E-state index in [1.54, 1.807) is 18.6 Å². The van der Waals surface area contributed by atoms with E-state index >= 15 is 0 Å². The van der Waals surface area contributed by atoms with Crippen molar-refractivity contribution in [1.82, 2.24) is 34.2 Å². The molecule has 1 aliphatic heterocycles. The lowest BCUT2D eigenvalue weighted by atomic mass is 10.3. The van der Waals surface area contributed by atoms with E-state index < -0.39 is 0 Å². The van der Waals surface area contributed by atoms with Gasteiger partial charge in [0, 0.05) is 51.0 Å². The summed E-state index contributed by atoms with van der Waals surface area (Å²) in [6, 6.07) is 2.00. The highest BCUT2D eigenvalue weighted by atomic mass is 15.3. The van der Waals surface area contributed by atoms with Gasteiger partial charge in [-0.3, -0.25) is 4.40 Å². The van der Waals surface area contributed by atoms with Gasteiger partial charge in [0.1, 0.15) is 11.3 Å². The molecule has 0 aromatic carbocycles. The van der Waals surface area contributed by atoms with Crippen molar-refractivity contribution >= 4 is 22.8 Å². The molecule has 1 aliphatic rings. The Morgan fingerprint density at radius 1 is 0.840 bits per heavy atom. The predicted molar refractivity (Wildman–Crippen MR) is 92.9 cm³/mol. The molecule has 1 fully saturated rings. The number of rotatable bonds is 2. The van der Waals surface area contributed by atoms with Gasteiger partial charge in [0.25, 0.3) is 0 Å². The van der Waals surface area contributed by atoms with E-state index in [0.29, 0.717) is 0 Å². The van der Waals surface area contributed by atoms with Gasteiger partial charge in [0.2, 0.25) is 5.65 Å². The average molecular weight is 335 g/mol. The Bertz CT molecular complexity index is 1040. The summed E-state index contributed by atoms with van der Waals surface area (Å²) < 4.78 is 3.83. The van der Waals surface area contributed by atoms with Crippen molar-refractivity contribution in [1.29, 1.82) is 0 Å². The van der Waals surface area contributed by atoms with Gasteiger partial charge in [-0.25, -0.2) is 14.5 Å². The molecule has 9 nitrogen and oxygen atoms in total. The highest BCUT2D eigenvalue weighted by Gasteiger charge is 2.23. The van der Waals surface area contributed by atoms with Crippen LogP contribution in [0.3, 0.4) is 0 Å². The third-order valence-corrected chi connectivity index (χ3v) is 4.66. The van der Waals surface area contributed by atoms with Crippen molar-refractivity contribution in [3.05, 3.63) is 42.9 Å². The molecule has 0 N–H and O–H groups in total. The molecule has 0 unspecified atom stereocenters. The number of aryl methyl sites for hydroxylation is 1. The zero-order valence-electron chi connectivity index (χ0n) is 13.8. The second-order valence-corrected chi connectivity index (χ2v) is 6.08. The number of nitrogens with zero attached hydrogens (tertiary/aromatic N) is 9. The van der Waals surface area contributed by atoms with Gasteiger partial charge in [-0.05, 0) is 13.0 Å². The number of aromatic nitrogens is 7. The van der Waals surface area contributed by atoms with Gasteiger partial charge in [0.05, 0.1) is 6.20 Å². The minimum absolute atomic E-state index is 0.810. The minimum atomic E-state index is 0.810. The summed E-state index contributed by atoms with van der Waals surface area (Å²) in [7, 11) is 0. The van der Waals surface area contributed by atoms with E-state index in [2.05, 4.69) is 35.1 Å². The Labute approximate surface area is 143 Å².